The van der Waals surface area contributed by atoms with Crippen LogP contribution in [0.5, 0.6) is 0 Å². The summed E-state index contributed by atoms with van der Waals surface area (Å²) in [6.07, 6.45) is 0.986. The number of benzene rings is 2. The fourth-order valence-corrected chi connectivity index (χ4v) is 3.74. The highest BCUT2D eigenvalue weighted by Crippen LogP contribution is 2.33. The SMILES string of the molecule is O=C(c1ccccc1)N1CCC2NNC(c3ccccc3)C2C1. The van der Waals surface area contributed by atoms with E-state index in [0.717, 1.165) is 25.1 Å². The summed E-state index contributed by atoms with van der Waals surface area (Å²) >= 11 is 0. The highest BCUT2D eigenvalue weighted by molar-refractivity contribution is 5.94. The Morgan fingerprint density at radius 3 is 2.39 bits per heavy atom. The molecule has 2 aromatic carbocycles. The Hall–Kier alpha value is -2.17. The Kier molecular flexibility index (Phi) is 3.85. The second-order valence-electron chi connectivity index (χ2n) is 6.35. The Morgan fingerprint density at radius 1 is 0.957 bits per heavy atom. The van der Waals surface area contributed by atoms with E-state index >= 15 is 0 Å². The summed E-state index contributed by atoms with van der Waals surface area (Å²) in [5.74, 6) is 0.543. The molecule has 1 amide bonds. The van der Waals surface area contributed by atoms with Gasteiger partial charge in [0.25, 0.3) is 5.91 Å². The number of carbonyl (C=O) groups is 1. The van der Waals surface area contributed by atoms with Crippen molar-refractivity contribution in [1.82, 2.24) is 15.8 Å². The molecule has 2 heterocycles. The van der Waals surface area contributed by atoms with Crippen molar-refractivity contribution in [2.24, 2.45) is 5.92 Å². The molecule has 2 aliphatic rings. The topological polar surface area (TPSA) is 44.4 Å². The minimum Gasteiger partial charge on any atom is -0.338 e. The number of fused-ring (bicyclic) bond motifs is 1. The fraction of sp³-hybridized carbons (Fsp3) is 0.316. The highest BCUT2D eigenvalue weighted by atomic mass is 16.2. The zero-order valence-electron chi connectivity index (χ0n) is 13.0. The third-order valence-electron chi connectivity index (χ3n) is 4.98. The maximum atomic E-state index is 12.7. The van der Waals surface area contributed by atoms with Crippen LogP contribution in [0.2, 0.25) is 0 Å². The number of nitrogens with zero attached hydrogens (tertiary/aromatic N) is 1. The van der Waals surface area contributed by atoms with E-state index in [9.17, 15) is 4.79 Å². The first kappa shape index (κ1) is 14.4. The van der Waals surface area contributed by atoms with Crippen molar-refractivity contribution in [1.29, 1.82) is 0 Å². The summed E-state index contributed by atoms with van der Waals surface area (Å²) in [6.45, 7) is 1.60. The van der Waals surface area contributed by atoms with Crippen LogP contribution < -0.4 is 10.9 Å². The smallest absolute Gasteiger partial charge is 0.253 e. The molecule has 3 unspecified atom stereocenters. The minimum atomic E-state index is 0.141. The van der Waals surface area contributed by atoms with Crippen LogP contribution in [0, 0.1) is 5.92 Å². The molecule has 4 nitrogen and oxygen atoms in total. The van der Waals surface area contributed by atoms with Gasteiger partial charge in [-0.1, -0.05) is 48.5 Å². The second-order valence-corrected chi connectivity index (χ2v) is 6.35. The van der Waals surface area contributed by atoms with Crippen molar-refractivity contribution in [2.75, 3.05) is 13.1 Å². The maximum absolute atomic E-state index is 12.7. The number of rotatable bonds is 2. The molecule has 2 aliphatic heterocycles. The molecule has 2 aromatic rings. The zero-order chi connectivity index (χ0) is 15.6. The van der Waals surface area contributed by atoms with Crippen molar-refractivity contribution in [2.45, 2.75) is 18.5 Å². The molecular formula is C19H21N3O. The number of hydrogen-bond acceptors (Lipinski definition) is 3. The molecule has 4 rings (SSSR count). The maximum Gasteiger partial charge on any atom is 0.253 e. The van der Waals surface area contributed by atoms with Crippen LogP contribution in [0.3, 0.4) is 0 Å². The van der Waals surface area contributed by atoms with Crippen LogP contribution in [0.4, 0.5) is 0 Å². The van der Waals surface area contributed by atoms with Crippen LogP contribution in [0.15, 0.2) is 60.7 Å². The fourth-order valence-electron chi connectivity index (χ4n) is 3.74. The first-order valence-corrected chi connectivity index (χ1v) is 8.23. The Morgan fingerprint density at radius 2 is 1.65 bits per heavy atom. The van der Waals surface area contributed by atoms with Gasteiger partial charge in [-0.2, -0.15) is 0 Å². The lowest BCUT2D eigenvalue weighted by atomic mass is 9.85. The molecule has 4 heteroatoms. The van der Waals surface area contributed by atoms with Gasteiger partial charge in [0.15, 0.2) is 0 Å². The molecular weight excluding hydrogens is 286 g/mol. The predicted octanol–water partition coefficient (Wildman–Crippen LogP) is 2.37. The number of hydrazine groups is 1. The summed E-state index contributed by atoms with van der Waals surface area (Å²) in [5, 5.41) is 0. The number of carbonyl (C=O) groups excluding carboxylic acids is 1. The molecule has 3 atom stereocenters. The summed E-state index contributed by atoms with van der Waals surface area (Å²) in [4.78, 5) is 14.7. The van der Waals surface area contributed by atoms with Crippen molar-refractivity contribution in [3.8, 4) is 0 Å². The van der Waals surface area contributed by atoms with Crippen LogP contribution in [-0.2, 0) is 0 Å². The number of hydrogen-bond donors (Lipinski definition) is 2. The van der Waals surface area contributed by atoms with E-state index < -0.39 is 0 Å². The van der Waals surface area contributed by atoms with E-state index in [1.165, 1.54) is 5.56 Å². The van der Waals surface area contributed by atoms with Gasteiger partial charge in [-0.25, -0.2) is 5.43 Å². The first-order chi connectivity index (χ1) is 11.3. The molecule has 0 spiro atoms. The van der Waals surface area contributed by atoms with E-state index in [2.05, 4.69) is 35.1 Å². The van der Waals surface area contributed by atoms with E-state index in [1.54, 1.807) is 0 Å². The van der Waals surface area contributed by atoms with Gasteiger partial charge in [-0.15, -0.1) is 0 Å². The lowest BCUT2D eigenvalue weighted by Gasteiger charge is -2.36. The standard InChI is InChI=1S/C19H21N3O/c23-19(15-9-5-2-6-10-15)22-12-11-17-16(13-22)18(21-20-17)14-7-3-1-4-8-14/h1-10,16-18,20-21H,11-13H2. The molecule has 2 N–H and O–H groups in total. The van der Waals surface area contributed by atoms with Gasteiger partial charge in [0.05, 0.1) is 6.04 Å². The van der Waals surface area contributed by atoms with E-state index in [0.29, 0.717) is 12.0 Å². The lowest BCUT2D eigenvalue weighted by molar-refractivity contribution is 0.0652. The van der Waals surface area contributed by atoms with Crippen molar-refractivity contribution >= 4 is 5.91 Å². The molecule has 0 bridgehead atoms. The molecule has 118 valence electrons. The van der Waals surface area contributed by atoms with E-state index in [-0.39, 0.29) is 11.9 Å². The van der Waals surface area contributed by atoms with Gasteiger partial charge in [-0.3, -0.25) is 10.2 Å². The van der Waals surface area contributed by atoms with Crippen LogP contribution >= 0.6 is 0 Å². The second kappa shape index (κ2) is 6.14. The molecule has 0 aliphatic carbocycles. The Balaban J connectivity index is 1.53. The van der Waals surface area contributed by atoms with Crippen molar-refractivity contribution < 1.29 is 4.79 Å². The highest BCUT2D eigenvalue weighted by Gasteiger charge is 2.41. The molecule has 0 radical (unpaired) electrons. The zero-order valence-corrected chi connectivity index (χ0v) is 13.0. The average molecular weight is 307 g/mol. The summed E-state index contributed by atoms with van der Waals surface area (Å²) in [5.41, 5.74) is 8.90. The first-order valence-electron chi connectivity index (χ1n) is 8.23. The van der Waals surface area contributed by atoms with Crippen molar-refractivity contribution in [3.05, 3.63) is 71.8 Å². The average Bonchev–Trinajstić information content (AvgIpc) is 3.05. The van der Waals surface area contributed by atoms with Crippen molar-refractivity contribution in [3.63, 3.8) is 0 Å². The summed E-state index contributed by atoms with van der Waals surface area (Å²) < 4.78 is 0. The summed E-state index contributed by atoms with van der Waals surface area (Å²) in [6, 6.07) is 20.8. The summed E-state index contributed by atoms with van der Waals surface area (Å²) in [7, 11) is 0. The monoisotopic (exact) mass is 307 g/mol. The normalized spacial score (nSPS) is 26.8. The van der Waals surface area contributed by atoms with Crippen LogP contribution in [0.25, 0.3) is 0 Å². The van der Waals surface area contributed by atoms with Gasteiger partial charge < -0.3 is 4.90 Å². The third kappa shape index (κ3) is 2.76. The molecule has 0 saturated carbocycles. The van der Waals surface area contributed by atoms with Crippen LogP contribution in [0.1, 0.15) is 28.4 Å². The van der Waals surface area contributed by atoms with Gasteiger partial charge >= 0.3 is 0 Å². The van der Waals surface area contributed by atoms with Crippen LogP contribution in [-0.4, -0.2) is 29.9 Å². The molecule has 0 aromatic heterocycles. The molecule has 2 saturated heterocycles. The molecule has 2 fully saturated rings. The quantitative estimate of drug-likeness (QED) is 0.895. The minimum absolute atomic E-state index is 0.141. The van der Waals surface area contributed by atoms with E-state index in [1.807, 2.05) is 41.3 Å². The Bertz CT molecular complexity index is 674. The Labute approximate surface area is 136 Å². The number of piperidine rings is 1. The largest absolute Gasteiger partial charge is 0.338 e. The lowest BCUT2D eigenvalue weighted by Crippen LogP contribution is -2.47. The third-order valence-corrected chi connectivity index (χ3v) is 4.98. The number of amides is 1. The van der Waals surface area contributed by atoms with E-state index in [4.69, 9.17) is 0 Å². The predicted molar refractivity (Wildman–Crippen MR) is 89.7 cm³/mol. The van der Waals surface area contributed by atoms with Gasteiger partial charge in [0, 0.05) is 30.6 Å². The number of likely N-dealkylation sites (tertiary alicyclic amines) is 1. The number of nitrogens with one attached hydrogen (secondary N) is 2. The van der Waals surface area contributed by atoms with Gasteiger partial charge in [0.2, 0.25) is 0 Å². The van der Waals surface area contributed by atoms with Gasteiger partial charge in [0.1, 0.15) is 0 Å². The molecule has 23 heavy (non-hydrogen) atoms. The van der Waals surface area contributed by atoms with Gasteiger partial charge in [-0.05, 0) is 24.1 Å².